The van der Waals surface area contributed by atoms with Crippen molar-refractivity contribution in [2.24, 2.45) is 0 Å². The average molecular weight is 441 g/mol. The van der Waals surface area contributed by atoms with Crippen LogP contribution < -0.4 is 4.74 Å². The summed E-state index contributed by atoms with van der Waals surface area (Å²) in [6.07, 6.45) is 2.23. The molecule has 1 atom stereocenters. The van der Waals surface area contributed by atoms with Gasteiger partial charge in [-0.25, -0.2) is 0 Å². The number of nitrogens with one attached hydrogen (secondary N) is 2. The Morgan fingerprint density at radius 1 is 1.03 bits per heavy atom. The normalized spacial score (nSPS) is 17.2. The minimum absolute atomic E-state index is 0.00578. The molecule has 0 amide bonds. The number of hydrogen-bond acceptors (Lipinski definition) is 2. The Hall–Kier alpha value is -2.93. The molecule has 5 rings (SSSR count). The summed E-state index contributed by atoms with van der Waals surface area (Å²) in [6.45, 7) is 3.91. The van der Waals surface area contributed by atoms with Gasteiger partial charge in [-0.15, -0.1) is 0 Å². The number of benzene rings is 2. The zero-order valence-corrected chi connectivity index (χ0v) is 17.9. The van der Waals surface area contributed by atoms with E-state index in [1.54, 1.807) is 6.07 Å². The predicted octanol–water partition coefficient (Wildman–Crippen LogP) is 6.66. The van der Waals surface area contributed by atoms with Gasteiger partial charge in [0, 0.05) is 47.3 Å². The second-order valence-electron chi connectivity index (χ2n) is 8.49. The number of piperidine rings is 1. The number of rotatable bonds is 5. The largest absolute Gasteiger partial charge is 0.474 e. The summed E-state index contributed by atoms with van der Waals surface area (Å²) in [5, 5.41) is 1.97. The van der Waals surface area contributed by atoms with Gasteiger partial charge in [-0.2, -0.15) is 13.2 Å². The molecule has 0 spiro atoms. The van der Waals surface area contributed by atoms with Crippen molar-refractivity contribution in [1.82, 2.24) is 14.9 Å². The van der Waals surface area contributed by atoms with Gasteiger partial charge in [0.2, 0.25) is 0 Å². The highest BCUT2D eigenvalue weighted by Crippen LogP contribution is 2.37. The molecule has 3 heterocycles. The van der Waals surface area contributed by atoms with Gasteiger partial charge < -0.3 is 14.7 Å². The van der Waals surface area contributed by atoms with E-state index < -0.39 is 11.7 Å². The fourth-order valence-electron chi connectivity index (χ4n) is 4.88. The Kier molecular flexibility index (Phi) is 5.37. The Morgan fingerprint density at radius 3 is 2.59 bits per heavy atom. The van der Waals surface area contributed by atoms with E-state index in [1.165, 1.54) is 12.1 Å². The van der Waals surface area contributed by atoms with Crippen LogP contribution in [0.25, 0.3) is 21.8 Å². The first-order valence-electron chi connectivity index (χ1n) is 11.1. The summed E-state index contributed by atoms with van der Waals surface area (Å²) in [5.74, 6) is 1.21. The summed E-state index contributed by atoms with van der Waals surface area (Å²) in [7, 11) is 0. The summed E-state index contributed by atoms with van der Waals surface area (Å²) in [4.78, 5) is 8.64. The van der Waals surface area contributed by atoms with E-state index >= 15 is 0 Å². The van der Waals surface area contributed by atoms with Gasteiger partial charge in [0.05, 0.1) is 5.56 Å². The number of alkyl halides is 3. The first-order chi connectivity index (χ1) is 15.4. The van der Waals surface area contributed by atoms with Gasteiger partial charge in [-0.3, -0.25) is 4.90 Å². The van der Waals surface area contributed by atoms with Crippen LogP contribution in [0.2, 0.25) is 0 Å². The summed E-state index contributed by atoms with van der Waals surface area (Å²) < 4.78 is 45.5. The number of H-pyrrole nitrogens is 2. The van der Waals surface area contributed by atoms with Gasteiger partial charge in [0.15, 0.2) is 6.23 Å². The highest BCUT2D eigenvalue weighted by Gasteiger charge is 2.32. The van der Waals surface area contributed by atoms with Gasteiger partial charge in [0.25, 0.3) is 0 Å². The van der Waals surface area contributed by atoms with Crippen molar-refractivity contribution in [3.05, 3.63) is 66.0 Å². The van der Waals surface area contributed by atoms with Crippen LogP contribution in [-0.2, 0) is 6.18 Å². The minimum Gasteiger partial charge on any atom is -0.474 e. The molecule has 0 radical (unpaired) electrons. The zero-order chi connectivity index (χ0) is 22.3. The fraction of sp³-hybridized carbons (Fsp3) is 0.360. The highest BCUT2D eigenvalue weighted by molar-refractivity contribution is 5.86. The van der Waals surface area contributed by atoms with E-state index in [4.69, 9.17) is 4.74 Å². The molecule has 1 saturated heterocycles. The molecule has 4 nitrogen and oxygen atoms in total. The lowest BCUT2D eigenvalue weighted by molar-refractivity contribution is -0.137. The quantitative estimate of drug-likeness (QED) is 0.364. The molecule has 1 aliphatic rings. The third-order valence-corrected chi connectivity index (χ3v) is 6.58. The zero-order valence-electron chi connectivity index (χ0n) is 17.9. The summed E-state index contributed by atoms with van der Waals surface area (Å²) in [6, 6.07) is 12.1. The standard InChI is InChI=1S/C25H26F3N3O/c1-2-24(32-23-5-3-4-21-19(23)8-11-29-21)31-12-9-16(10-13-31)20-15-30-22-14-17(25(26,27)28)6-7-18(20)22/h3-8,11,14-16,24,29-30H,2,9-10,12-13H2,1H3. The lowest BCUT2D eigenvalue weighted by atomic mass is 9.89. The Bertz CT molecular complexity index is 1220. The van der Waals surface area contributed by atoms with E-state index in [0.29, 0.717) is 11.4 Å². The van der Waals surface area contributed by atoms with E-state index in [9.17, 15) is 13.2 Å². The van der Waals surface area contributed by atoms with Gasteiger partial charge in [-0.05, 0) is 61.1 Å². The van der Waals surface area contributed by atoms with Crippen molar-refractivity contribution in [2.45, 2.75) is 44.5 Å². The number of likely N-dealkylation sites (tertiary alicyclic amines) is 1. The topological polar surface area (TPSA) is 44.0 Å². The van der Waals surface area contributed by atoms with Crippen LogP contribution in [0.4, 0.5) is 13.2 Å². The second-order valence-corrected chi connectivity index (χ2v) is 8.49. The number of fused-ring (bicyclic) bond motifs is 2. The van der Waals surface area contributed by atoms with E-state index in [-0.39, 0.29) is 6.23 Å². The molecule has 1 unspecified atom stereocenters. The van der Waals surface area contributed by atoms with E-state index in [0.717, 1.165) is 60.0 Å². The van der Waals surface area contributed by atoms with Crippen molar-refractivity contribution in [1.29, 1.82) is 0 Å². The summed E-state index contributed by atoms with van der Waals surface area (Å²) in [5.41, 5.74) is 2.10. The molecule has 168 valence electrons. The van der Waals surface area contributed by atoms with Crippen LogP contribution in [0.3, 0.4) is 0 Å². The monoisotopic (exact) mass is 441 g/mol. The number of aromatic amines is 2. The average Bonchev–Trinajstić information content (AvgIpc) is 3.44. The Morgan fingerprint density at radius 2 is 1.84 bits per heavy atom. The summed E-state index contributed by atoms with van der Waals surface area (Å²) >= 11 is 0. The van der Waals surface area contributed by atoms with E-state index in [1.807, 2.05) is 36.7 Å². The van der Waals surface area contributed by atoms with Gasteiger partial charge >= 0.3 is 6.18 Å². The molecule has 0 aliphatic carbocycles. The van der Waals surface area contributed by atoms with Crippen LogP contribution in [0.1, 0.15) is 43.2 Å². The number of halogens is 3. The van der Waals surface area contributed by atoms with E-state index in [2.05, 4.69) is 21.8 Å². The molecule has 2 N–H and O–H groups in total. The lowest BCUT2D eigenvalue weighted by Gasteiger charge is -2.37. The predicted molar refractivity (Wildman–Crippen MR) is 120 cm³/mol. The first-order valence-corrected chi connectivity index (χ1v) is 11.1. The molecule has 0 saturated carbocycles. The first kappa shape index (κ1) is 20.9. The molecule has 1 fully saturated rings. The Labute approximate surface area is 184 Å². The lowest BCUT2D eigenvalue weighted by Crippen LogP contribution is -2.43. The maximum absolute atomic E-state index is 13.0. The second kappa shape index (κ2) is 8.20. The molecule has 0 bridgehead atoms. The molecule has 7 heteroatoms. The minimum atomic E-state index is -4.33. The molecule has 1 aliphatic heterocycles. The van der Waals surface area contributed by atoms with Crippen molar-refractivity contribution in [3.8, 4) is 5.75 Å². The molecule has 32 heavy (non-hydrogen) atoms. The van der Waals surface area contributed by atoms with Crippen molar-refractivity contribution < 1.29 is 17.9 Å². The molecular formula is C25H26F3N3O. The van der Waals surface area contributed by atoms with Crippen LogP contribution in [-0.4, -0.2) is 34.2 Å². The fourth-order valence-corrected chi connectivity index (χ4v) is 4.88. The van der Waals surface area contributed by atoms with Crippen LogP contribution in [0.15, 0.2) is 54.9 Å². The number of ether oxygens (including phenoxy) is 1. The molecule has 4 aromatic rings. The number of hydrogen-bond donors (Lipinski definition) is 2. The van der Waals surface area contributed by atoms with Gasteiger partial charge in [-0.1, -0.05) is 19.1 Å². The molecule has 2 aromatic heterocycles. The number of aromatic nitrogens is 2. The maximum atomic E-state index is 13.0. The number of nitrogens with zero attached hydrogens (tertiary/aromatic N) is 1. The third-order valence-electron chi connectivity index (χ3n) is 6.58. The van der Waals surface area contributed by atoms with Crippen molar-refractivity contribution >= 4 is 21.8 Å². The van der Waals surface area contributed by atoms with Crippen LogP contribution >= 0.6 is 0 Å². The molecular weight excluding hydrogens is 415 g/mol. The van der Waals surface area contributed by atoms with Crippen molar-refractivity contribution in [2.75, 3.05) is 13.1 Å². The third kappa shape index (κ3) is 3.86. The Balaban J connectivity index is 1.28. The SMILES string of the molecule is CCC(Oc1cccc2[nH]ccc12)N1CCC(c2c[nH]c3cc(C(F)(F)F)ccc23)CC1. The van der Waals surface area contributed by atoms with Crippen molar-refractivity contribution in [3.63, 3.8) is 0 Å². The van der Waals surface area contributed by atoms with Crippen LogP contribution in [0, 0.1) is 0 Å². The smallest absolute Gasteiger partial charge is 0.416 e. The maximum Gasteiger partial charge on any atom is 0.416 e. The molecule has 2 aromatic carbocycles. The highest BCUT2D eigenvalue weighted by atomic mass is 19.4. The van der Waals surface area contributed by atoms with Crippen LogP contribution in [0.5, 0.6) is 5.75 Å². The van der Waals surface area contributed by atoms with Gasteiger partial charge in [0.1, 0.15) is 5.75 Å².